The largest absolute Gasteiger partial charge is 0.497 e. The number of hydrogen-bond donors (Lipinski definition) is 2. The molecule has 0 spiro atoms. The zero-order valence-corrected chi connectivity index (χ0v) is 17.0. The van der Waals surface area contributed by atoms with Crippen LogP contribution < -0.4 is 15.2 Å². The van der Waals surface area contributed by atoms with Gasteiger partial charge in [-0.25, -0.2) is 9.78 Å². The van der Waals surface area contributed by atoms with Crippen LogP contribution in [-0.4, -0.2) is 36.5 Å². The van der Waals surface area contributed by atoms with E-state index in [2.05, 4.69) is 11.1 Å². The first-order valence-corrected chi connectivity index (χ1v) is 8.90. The van der Waals surface area contributed by atoms with E-state index in [-0.39, 0.29) is 5.82 Å². The number of ether oxygens (including phenoxy) is 2. The molecule has 166 valence electrons. The van der Waals surface area contributed by atoms with Crippen molar-refractivity contribution in [3.05, 3.63) is 60.2 Å². The van der Waals surface area contributed by atoms with Gasteiger partial charge in [0.15, 0.2) is 0 Å². The van der Waals surface area contributed by atoms with E-state index in [1.54, 1.807) is 14.2 Å². The Hall–Kier alpha value is -4.26. The highest BCUT2D eigenvalue weighted by Crippen LogP contribution is 2.32. The zero-order chi connectivity index (χ0) is 23.9. The van der Waals surface area contributed by atoms with E-state index in [0.29, 0.717) is 11.3 Å². The third-order valence-electron chi connectivity index (χ3n) is 4.19. The SMILES string of the molecule is COc1ccc(-c2cc(-c3ccc(OC)cc3)c(C#N)c(N)n2)cc1.O=C(O)C(F)(F)F. The van der Waals surface area contributed by atoms with Crippen LogP contribution in [0.15, 0.2) is 54.6 Å². The quantitative estimate of drug-likeness (QED) is 0.606. The van der Waals surface area contributed by atoms with Crippen LogP contribution in [0.3, 0.4) is 0 Å². The lowest BCUT2D eigenvalue weighted by molar-refractivity contribution is -0.192. The molecular weight excluding hydrogens is 427 g/mol. The smallest absolute Gasteiger partial charge is 0.490 e. The first-order valence-electron chi connectivity index (χ1n) is 8.90. The van der Waals surface area contributed by atoms with Crippen molar-refractivity contribution in [2.75, 3.05) is 20.0 Å². The number of rotatable bonds is 4. The van der Waals surface area contributed by atoms with Crippen molar-refractivity contribution < 1.29 is 32.5 Å². The molecule has 7 nitrogen and oxygen atoms in total. The van der Waals surface area contributed by atoms with Gasteiger partial charge in [-0.05, 0) is 48.0 Å². The average Bonchev–Trinajstić information content (AvgIpc) is 2.78. The molecule has 0 atom stereocenters. The Bertz CT molecular complexity index is 1120. The number of carbonyl (C=O) groups is 1. The van der Waals surface area contributed by atoms with Gasteiger partial charge in [0.25, 0.3) is 0 Å². The molecule has 0 aliphatic carbocycles. The average molecular weight is 445 g/mol. The van der Waals surface area contributed by atoms with Crippen molar-refractivity contribution in [3.63, 3.8) is 0 Å². The summed E-state index contributed by atoms with van der Waals surface area (Å²) >= 11 is 0. The topological polar surface area (TPSA) is 118 Å². The number of anilines is 1. The lowest BCUT2D eigenvalue weighted by atomic mass is 9.98. The van der Waals surface area contributed by atoms with Gasteiger partial charge in [-0.1, -0.05) is 12.1 Å². The molecule has 0 unspecified atom stereocenters. The summed E-state index contributed by atoms with van der Waals surface area (Å²) in [6.45, 7) is 0. The Morgan fingerprint density at radius 3 is 1.81 bits per heavy atom. The maximum absolute atomic E-state index is 10.6. The molecule has 3 aromatic rings. The number of benzene rings is 2. The number of pyridine rings is 1. The van der Waals surface area contributed by atoms with Gasteiger partial charge in [-0.15, -0.1) is 0 Å². The summed E-state index contributed by atoms with van der Waals surface area (Å²) in [5, 5.41) is 16.6. The van der Waals surface area contributed by atoms with Gasteiger partial charge in [0.2, 0.25) is 0 Å². The number of nitrogen functional groups attached to an aromatic ring is 1. The molecule has 3 N–H and O–H groups in total. The predicted octanol–water partition coefficient (Wildman–Crippen LogP) is 4.52. The number of alkyl halides is 3. The summed E-state index contributed by atoms with van der Waals surface area (Å²) < 4.78 is 42.1. The number of nitrogens with zero attached hydrogens (tertiary/aromatic N) is 2. The summed E-state index contributed by atoms with van der Waals surface area (Å²) in [7, 11) is 3.23. The Kier molecular flexibility index (Phi) is 7.63. The summed E-state index contributed by atoms with van der Waals surface area (Å²) in [4.78, 5) is 13.3. The van der Waals surface area contributed by atoms with Crippen LogP contribution >= 0.6 is 0 Å². The van der Waals surface area contributed by atoms with Crippen molar-refractivity contribution in [1.82, 2.24) is 4.98 Å². The van der Waals surface area contributed by atoms with Crippen LogP contribution in [0.4, 0.5) is 19.0 Å². The Balaban J connectivity index is 0.000000451. The van der Waals surface area contributed by atoms with E-state index in [0.717, 1.165) is 28.2 Å². The van der Waals surface area contributed by atoms with Crippen molar-refractivity contribution in [2.24, 2.45) is 0 Å². The van der Waals surface area contributed by atoms with E-state index >= 15 is 0 Å². The minimum absolute atomic E-state index is 0.210. The standard InChI is InChI=1S/C20H17N3O2.C2HF3O2/c1-24-15-7-3-13(4-8-15)17-11-19(23-20(22)18(17)12-21)14-5-9-16(25-2)10-6-14;3-2(4,5)1(6)7/h3-11H,1-2H3,(H2,22,23);(H,6,7). The van der Waals surface area contributed by atoms with Crippen molar-refractivity contribution in [1.29, 1.82) is 5.26 Å². The molecular formula is C22H18F3N3O4. The number of aliphatic carboxylic acids is 1. The van der Waals surface area contributed by atoms with E-state index in [1.807, 2.05) is 54.6 Å². The second kappa shape index (κ2) is 10.2. The Labute approximate surface area is 181 Å². The number of aromatic nitrogens is 1. The maximum Gasteiger partial charge on any atom is 0.490 e. The van der Waals surface area contributed by atoms with E-state index in [4.69, 9.17) is 25.1 Å². The summed E-state index contributed by atoms with van der Waals surface area (Å²) in [5.41, 5.74) is 9.61. The van der Waals surface area contributed by atoms with Gasteiger partial charge in [0, 0.05) is 11.1 Å². The van der Waals surface area contributed by atoms with Crippen LogP contribution in [0.2, 0.25) is 0 Å². The molecule has 0 radical (unpaired) electrons. The fraction of sp³-hybridized carbons (Fsp3) is 0.136. The number of methoxy groups -OCH3 is 2. The highest BCUT2D eigenvalue weighted by atomic mass is 19.4. The first-order chi connectivity index (χ1) is 15.1. The van der Waals surface area contributed by atoms with Crippen LogP contribution in [0.25, 0.3) is 22.4 Å². The third kappa shape index (κ3) is 5.89. The number of halogens is 3. The predicted molar refractivity (Wildman–Crippen MR) is 111 cm³/mol. The molecule has 10 heteroatoms. The molecule has 1 aromatic heterocycles. The molecule has 1 heterocycles. The van der Waals surface area contributed by atoms with Crippen LogP contribution in [0.1, 0.15) is 5.56 Å². The summed E-state index contributed by atoms with van der Waals surface area (Å²) in [6, 6.07) is 19.0. The Morgan fingerprint density at radius 1 is 1.00 bits per heavy atom. The molecule has 0 saturated heterocycles. The van der Waals surface area contributed by atoms with Crippen LogP contribution in [0, 0.1) is 11.3 Å². The number of nitrogens with two attached hydrogens (primary N) is 1. The fourth-order valence-corrected chi connectivity index (χ4v) is 2.59. The number of carboxylic acid groups (broad SMARTS) is 1. The number of hydrogen-bond acceptors (Lipinski definition) is 6. The second-order valence-corrected chi connectivity index (χ2v) is 6.19. The number of nitriles is 1. The molecule has 0 saturated carbocycles. The van der Waals surface area contributed by atoms with Gasteiger partial charge in [0.1, 0.15) is 28.9 Å². The summed E-state index contributed by atoms with van der Waals surface area (Å²) in [6.07, 6.45) is -5.08. The third-order valence-corrected chi connectivity index (χ3v) is 4.19. The highest BCUT2D eigenvalue weighted by molar-refractivity contribution is 5.80. The minimum Gasteiger partial charge on any atom is -0.497 e. The van der Waals surface area contributed by atoms with Gasteiger partial charge in [-0.3, -0.25) is 0 Å². The van der Waals surface area contributed by atoms with Crippen LogP contribution in [0.5, 0.6) is 11.5 Å². The molecule has 0 aliphatic heterocycles. The zero-order valence-electron chi connectivity index (χ0n) is 17.0. The Morgan fingerprint density at radius 2 is 1.44 bits per heavy atom. The molecule has 0 bridgehead atoms. The molecule has 32 heavy (non-hydrogen) atoms. The lowest BCUT2D eigenvalue weighted by Crippen LogP contribution is -2.21. The van der Waals surface area contributed by atoms with Gasteiger partial charge >= 0.3 is 12.1 Å². The highest BCUT2D eigenvalue weighted by Gasteiger charge is 2.38. The van der Waals surface area contributed by atoms with Crippen molar-refractivity contribution in [3.8, 4) is 40.0 Å². The minimum atomic E-state index is -5.08. The summed E-state index contributed by atoms with van der Waals surface area (Å²) in [5.74, 6) is -1.03. The van der Waals surface area contributed by atoms with E-state index in [1.165, 1.54) is 0 Å². The molecule has 0 fully saturated rings. The molecule has 0 amide bonds. The van der Waals surface area contributed by atoms with Crippen molar-refractivity contribution in [2.45, 2.75) is 6.18 Å². The van der Waals surface area contributed by atoms with Crippen molar-refractivity contribution >= 4 is 11.8 Å². The molecule has 0 aliphatic rings. The maximum atomic E-state index is 10.6. The van der Waals surface area contributed by atoms with E-state index in [9.17, 15) is 18.4 Å². The normalized spacial score (nSPS) is 10.4. The van der Waals surface area contributed by atoms with Gasteiger partial charge in [-0.2, -0.15) is 18.4 Å². The van der Waals surface area contributed by atoms with E-state index < -0.39 is 12.1 Å². The van der Waals surface area contributed by atoms with Gasteiger partial charge in [0.05, 0.1) is 19.9 Å². The molecule has 2 aromatic carbocycles. The molecule has 3 rings (SSSR count). The lowest BCUT2D eigenvalue weighted by Gasteiger charge is -2.11. The second-order valence-electron chi connectivity index (χ2n) is 6.19. The monoisotopic (exact) mass is 445 g/mol. The number of carboxylic acids is 1. The van der Waals surface area contributed by atoms with Gasteiger partial charge < -0.3 is 20.3 Å². The first kappa shape index (κ1) is 24.0. The fourth-order valence-electron chi connectivity index (χ4n) is 2.59. The van der Waals surface area contributed by atoms with Crippen LogP contribution in [-0.2, 0) is 4.79 Å².